The maximum atomic E-state index is 15.4. The lowest BCUT2D eigenvalue weighted by atomic mass is 9.67. The van der Waals surface area contributed by atoms with Crippen molar-refractivity contribution in [3.05, 3.63) is 222 Å². The van der Waals surface area contributed by atoms with Crippen LogP contribution in [-0.2, 0) is 9.98 Å². The van der Waals surface area contributed by atoms with E-state index in [1.54, 1.807) is 0 Å². The molecule has 4 heteroatoms. The van der Waals surface area contributed by atoms with Gasteiger partial charge in [-0.1, -0.05) is 200 Å². The second-order valence-corrected chi connectivity index (χ2v) is 15.6. The molecule has 0 saturated heterocycles. The van der Waals surface area contributed by atoms with E-state index >= 15 is 4.57 Å². The molecule has 7 aromatic carbocycles. The van der Waals surface area contributed by atoms with E-state index in [1.165, 1.54) is 0 Å². The summed E-state index contributed by atoms with van der Waals surface area (Å²) in [6, 6.07) is 68.1. The summed E-state index contributed by atoms with van der Waals surface area (Å²) in [6.45, 7) is 0. The van der Waals surface area contributed by atoms with Crippen LogP contribution in [0.5, 0.6) is 0 Å². The summed E-state index contributed by atoms with van der Waals surface area (Å²) in [4.78, 5) is 10.8. The lowest BCUT2D eigenvalue weighted by molar-refractivity contribution is 0.592. The van der Waals surface area contributed by atoms with Crippen molar-refractivity contribution < 1.29 is 4.57 Å². The summed E-state index contributed by atoms with van der Waals surface area (Å²) in [5.74, 6) is 0.689. The van der Waals surface area contributed by atoms with Gasteiger partial charge in [-0.3, -0.25) is 0 Å². The van der Waals surface area contributed by atoms with Crippen molar-refractivity contribution >= 4 is 23.1 Å². The van der Waals surface area contributed by atoms with Gasteiger partial charge in [0, 0.05) is 38.2 Å². The van der Waals surface area contributed by atoms with Crippen molar-refractivity contribution in [2.24, 2.45) is 0 Å². The molecule has 1 unspecified atom stereocenters. The highest BCUT2D eigenvalue weighted by Crippen LogP contribution is 2.58. The fraction of sp³-hybridized carbons (Fsp3) is 0.0213. The molecule has 0 bridgehead atoms. The average molecular weight is 673 g/mol. The topological polar surface area (TPSA) is 42.9 Å². The summed E-state index contributed by atoms with van der Waals surface area (Å²) >= 11 is 0. The average Bonchev–Trinajstić information content (AvgIpc) is 3.53. The summed E-state index contributed by atoms with van der Waals surface area (Å²) in [5, 5.41) is 2.41. The molecule has 1 aromatic heterocycles. The van der Waals surface area contributed by atoms with E-state index in [-0.39, 0.29) is 0 Å². The minimum atomic E-state index is -3.18. The Hall–Kier alpha value is -6.15. The van der Waals surface area contributed by atoms with Crippen LogP contribution in [0.15, 0.2) is 200 Å². The Morgan fingerprint density at radius 3 is 1.41 bits per heavy atom. The third-order valence-electron chi connectivity index (χ3n) is 10.1. The molecule has 0 spiro atoms. The third-order valence-corrected chi connectivity index (χ3v) is 13.1. The van der Waals surface area contributed by atoms with E-state index in [1.807, 2.05) is 84.9 Å². The second-order valence-electron chi connectivity index (χ2n) is 12.8. The van der Waals surface area contributed by atoms with Gasteiger partial charge in [0.25, 0.3) is 0 Å². The van der Waals surface area contributed by atoms with Gasteiger partial charge in [-0.2, -0.15) is 0 Å². The van der Waals surface area contributed by atoms with Crippen LogP contribution < -0.4 is 15.9 Å². The molecule has 0 N–H and O–H groups in total. The quantitative estimate of drug-likeness (QED) is 0.158. The van der Waals surface area contributed by atoms with E-state index < -0.39 is 12.6 Å². The number of benzene rings is 7. The summed E-state index contributed by atoms with van der Waals surface area (Å²) < 4.78 is 15.4. The monoisotopic (exact) mass is 672 g/mol. The lowest BCUT2D eigenvalue weighted by Crippen LogP contribution is -2.31. The van der Waals surface area contributed by atoms with Gasteiger partial charge < -0.3 is 4.57 Å². The smallest absolute Gasteiger partial charge is 0.171 e. The van der Waals surface area contributed by atoms with Crippen LogP contribution in [0.2, 0.25) is 0 Å². The number of hydrogen-bond acceptors (Lipinski definition) is 3. The minimum absolute atomic E-state index is 0.689. The minimum Gasteiger partial charge on any atom is -0.309 e. The first-order valence-electron chi connectivity index (χ1n) is 17.2. The predicted octanol–water partition coefficient (Wildman–Crippen LogP) is 9.81. The molecule has 1 aliphatic rings. The highest BCUT2D eigenvalue weighted by molar-refractivity contribution is 7.85. The summed E-state index contributed by atoms with van der Waals surface area (Å²) in [7, 11) is -3.18. The molecule has 0 radical (unpaired) electrons. The first kappa shape index (κ1) is 30.9. The molecule has 1 atom stereocenters. The molecule has 0 fully saturated rings. The van der Waals surface area contributed by atoms with E-state index in [9.17, 15) is 0 Å². The van der Waals surface area contributed by atoms with Crippen molar-refractivity contribution in [2.75, 3.05) is 0 Å². The molecule has 242 valence electrons. The molecule has 0 saturated carbocycles. The van der Waals surface area contributed by atoms with Crippen molar-refractivity contribution in [3.63, 3.8) is 0 Å². The third kappa shape index (κ3) is 4.93. The Morgan fingerprint density at radius 2 is 0.824 bits per heavy atom. The number of hydrogen-bond donors (Lipinski definition) is 0. The van der Waals surface area contributed by atoms with Crippen LogP contribution >= 0.6 is 7.14 Å². The Bertz CT molecular complexity index is 2480. The van der Waals surface area contributed by atoms with E-state index in [0.29, 0.717) is 5.82 Å². The summed E-state index contributed by atoms with van der Waals surface area (Å²) in [5.41, 5.74) is 8.49. The van der Waals surface area contributed by atoms with Gasteiger partial charge in [0.1, 0.15) is 0 Å². The van der Waals surface area contributed by atoms with Crippen LogP contribution in [0.4, 0.5) is 0 Å². The molecule has 8 aromatic rings. The number of nitrogens with zero attached hydrogens (tertiary/aromatic N) is 2. The van der Waals surface area contributed by atoms with Gasteiger partial charge >= 0.3 is 0 Å². The van der Waals surface area contributed by atoms with E-state index in [2.05, 4.69) is 115 Å². The van der Waals surface area contributed by atoms with Gasteiger partial charge in [-0.25, -0.2) is 9.97 Å². The zero-order valence-corrected chi connectivity index (χ0v) is 28.7. The highest BCUT2D eigenvalue weighted by atomic mass is 31.2. The van der Waals surface area contributed by atoms with Gasteiger partial charge in [0.2, 0.25) is 0 Å². The maximum absolute atomic E-state index is 15.4. The van der Waals surface area contributed by atoms with Crippen LogP contribution in [0.3, 0.4) is 0 Å². The molecule has 9 rings (SSSR count). The lowest BCUT2D eigenvalue weighted by Gasteiger charge is -2.35. The Morgan fingerprint density at radius 1 is 0.392 bits per heavy atom. The summed E-state index contributed by atoms with van der Waals surface area (Å²) in [6.07, 6.45) is 0. The van der Waals surface area contributed by atoms with Crippen molar-refractivity contribution in [3.8, 4) is 33.9 Å². The van der Waals surface area contributed by atoms with Gasteiger partial charge in [0.05, 0.1) is 16.8 Å². The fourth-order valence-corrected chi connectivity index (χ4v) is 10.4. The number of aromatic nitrogens is 2. The zero-order chi connectivity index (χ0) is 34.3. The van der Waals surface area contributed by atoms with Gasteiger partial charge in [0.15, 0.2) is 13.0 Å². The highest BCUT2D eigenvalue weighted by Gasteiger charge is 2.49. The van der Waals surface area contributed by atoms with Gasteiger partial charge in [-0.15, -0.1) is 0 Å². The van der Waals surface area contributed by atoms with Crippen molar-refractivity contribution in [1.29, 1.82) is 0 Å². The molecule has 3 nitrogen and oxygen atoms in total. The van der Waals surface area contributed by atoms with E-state index in [4.69, 9.17) is 9.97 Å². The molecule has 0 amide bonds. The molecule has 1 aliphatic carbocycles. The maximum Gasteiger partial charge on any atom is 0.171 e. The molecular formula is C47H33N2OP. The van der Waals surface area contributed by atoms with Crippen molar-refractivity contribution in [1.82, 2.24) is 9.97 Å². The Balaban J connectivity index is 1.35. The largest absolute Gasteiger partial charge is 0.309 e. The van der Waals surface area contributed by atoms with Crippen LogP contribution in [0.25, 0.3) is 33.9 Å². The SMILES string of the molecule is O=P(c1ccccc1)(c1ccccc1)c1ccc(C2(c3ccccc3)c3ccccc3-c3nc(-c4ccccc4)nc(-c4ccccc4)c32)cc1. The number of fused-ring (bicyclic) bond motifs is 3. The van der Waals surface area contributed by atoms with E-state index in [0.717, 1.165) is 66.2 Å². The zero-order valence-electron chi connectivity index (χ0n) is 27.8. The van der Waals surface area contributed by atoms with Crippen LogP contribution in [0.1, 0.15) is 22.3 Å². The molecule has 0 aliphatic heterocycles. The van der Waals surface area contributed by atoms with Gasteiger partial charge in [-0.05, 0) is 16.7 Å². The molecular weight excluding hydrogens is 640 g/mol. The first-order chi connectivity index (χ1) is 25.2. The Labute approximate surface area is 298 Å². The second kappa shape index (κ2) is 12.6. The molecule has 51 heavy (non-hydrogen) atoms. The standard InChI is InChI=1S/C47H33N2OP/c50-51(38-24-12-4-13-25-38,39-26-14-5-15-27-39)40-32-30-37(31-33-40)47(36-22-10-3-11-23-36)42-29-17-16-28-41(42)45-43(47)44(34-18-6-1-7-19-34)48-46(49-45)35-20-8-2-9-21-35/h1-33H. The Kier molecular flexibility index (Phi) is 7.64. The number of rotatable bonds is 7. The predicted molar refractivity (Wildman–Crippen MR) is 210 cm³/mol. The van der Waals surface area contributed by atoms with Crippen molar-refractivity contribution in [2.45, 2.75) is 5.41 Å². The first-order valence-corrected chi connectivity index (χ1v) is 18.9. The normalized spacial score (nSPS) is 14.8. The molecule has 1 heterocycles. The fourth-order valence-electron chi connectivity index (χ4n) is 7.78. The van der Waals surface area contributed by atoms with Crippen LogP contribution in [0, 0.1) is 0 Å². The van der Waals surface area contributed by atoms with Crippen LogP contribution in [-0.4, -0.2) is 9.97 Å².